The molecule has 1 aromatic carbocycles. The van der Waals surface area contributed by atoms with Crippen LogP contribution in [0.2, 0.25) is 0 Å². The van der Waals surface area contributed by atoms with Gasteiger partial charge in [-0.3, -0.25) is 0 Å². The number of phenols is 1. The highest BCUT2D eigenvalue weighted by atomic mass is 16.5. The molecule has 4 rings (SSSR count). The third-order valence-corrected chi connectivity index (χ3v) is 4.67. The topological polar surface area (TPSA) is 107 Å². The zero-order valence-corrected chi connectivity index (χ0v) is 15.6. The summed E-state index contributed by atoms with van der Waals surface area (Å²) in [5, 5.41) is 30.5. The van der Waals surface area contributed by atoms with E-state index in [1.807, 2.05) is 24.3 Å². The second-order valence-electron chi connectivity index (χ2n) is 6.74. The fraction of sp³-hybridized carbons (Fsp3) is 0.300. The van der Waals surface area contributed by atoms with Gasteiger partial charge in [0.1, 0.15) is 17.8 Å². The molecule has 1 atom stereocenters. The van der Waals surface area contributed by atoms with Gasteiger partial charge in [0.15, 0.2) is 11.6 Å². The normalized spacial score (nSPS) is 15.4. The molecule has 0 bridgehead atoms. The minimum Gasteiger partial charge on any atom is -0.507 e. The van der Waals surface area contributed by atoms with Crippen molar-refractivity contribution >= 4 is 11.6 Å². The predicted octanol–water partition coefficient (Wildman–Crippen LogP) is 2.27. The first-order chi connectivity index (χ1) is 13.6. The molecule has 8 nitrogen and oxygen atoms in total. The first-order valence-electron chi connectivity index (χ1n) is 9.27. The van der Waals surface area contributed by atoms with E-state index in [4.69, 9.17) is 4.52 Å². The summed E-state index contributed by atoms with van der Waals surface area (Å²) in [5.74, 6) is 1.97. The number of aliphatic hydroxyl groups excluding tert-OH is 1. The second-order valence-corrected chi connectivity index (χ2v) is 6.74. The quantitative estimate of drug-likeness (QED) is 0.499. The minimum absolute atomic E-state index is 0.114. The van der Waals surface area contributed by atoms with Crippen molar-refractivity contribution in [3.8, 4) is 28.2 Å². The first-order valence-corrected chi connectivity index (χ1v) is 9.27. The fourth-order valence-electron chi connectivity index (χ4n) is 3.26. The molecule has 0 amide bonds. The van der Waals surface area contributed by atoms with Crippen molar-refractivity contribution in [1.29, 1.82) is 0 Å². The molecule has 0 aliphatic carbocycles. The van der Waals surface area contributed by atoms with Gasteiger partial charge in [-0.05, 0) is 25.1 Å². The lowest BCUT2D eigenvalue weighted by Crippen LogP contribution is -2.43. The molecule has 146 valence electrons. The molecule has 1 fully saturated rings. The van der Waals surface area contributed by atoms with Crippen LogP contribution in [0.15, 0.2) is 47.1 Å². The Hall–Kier alpha value is -3.10. The highest BCUT2D eigenvalue weighted by Gasteiger charge is 2.19. The number of phenolic OH excluding ortho intramolecular Hbond substituents is 1. The highest BCUT2D eigenvalue weighted by Crippen LogP contribution is 2.38. The third-order valence-electron chi connectivity index (χ3n) is 4.67. The minimum atomic E-state index is -0.689. The van der Waals surface area contributed by atoms with E-state index in [-0.39, 0.29) is 5.75 Å². The zero-order chi connectivity index (χ0) is 19.5. The van der Waals surface area contributed by atoms with Crippen LogP contribution in [0.4, 0.5) is 11.6 Å². The number of pyridine rings is 1. The summed E-state index contributed by atoms with van der Waals surface area (Å²) in [6.45, 7) is 5.19. The summed E-state index contributed by atoms with van der Waals surface area (Å²) in [6.07, 6.45) is 0.960. The van der Waals surface area contributed by atoms with Crippen LogP contribution in [0.5, 0.6) is 5.75 Å². The van der Waals surface area contributed by atoms with Crippen LogP contribution in [0.1, 0.15) is 6.92 Å². The van der Waals surface area contributed by atoms with Gasteiger partial charge < -0.3 is 30.3 Å². The van der Waals surface area contributed by atoms with Crippen molar-refractivity contribution in [3.63, 3.8) is 0 Å². The largest absolute Gasteiger partial charge is 0.507 e. The van der Waals surface area contributed by atoms with E-state index in [0.29, 0.717) is 22.7 Å². The Balaban J connectivity index is 1.61. The molecular formula is C20H23N5O3. The van der Waals surface area contributed by atoms with Crippen LogP contribution in [0.3, 0.4) is 0 Å². The number of aromatic nitrogens is 2. The fourth-order valence-corrected chi connectivity index (χ4v) is 3.26. The summed E-state index contributed by atoms with van der Waals surface area (Å²) in [6, 6.07) is 10.9. The molecule has 4 N–H and O–H groups in total. The third kappa shape index (κ3) is 3.78. The van der Waals surface area contributed by atoms with E-state index in [1.165, 1.54) is 0 Å². The lowest BCUT2D eigenvalue weighted by Gasteiger charge is -2.26. The van der Waals surface area contributed by atoms with Gasteiger partial charge in [-0.15, -0.1) is 0 Å². The van der Waals surface area contributed by atoms with E-state index >= 15 is 0 Å². The number of nitrogens with zero attached hydrogens (tertiary/aromatic N) is 3. The van der Waals surface area contributed by atoms with Gasteiger partial charge in [0.25, 0.3) is 0 Å². The first kappa shape index (κ1) is 18.3. The Morgan fingerprint density at radius 2 is 1.96 bits per heavy atom. The molecule has 1 aliphatic rings. The van der Waals surface area contributed by atoms with E-state index in [9.17, 15) is 10.2 Å². The predicted molar refractivity (Wildman–Crippen MR) is 107 cm³/mol. The van der Waals surface area contributed by atoms with E-state index in [1.54, 1.807) is 25.3 Å². The molecule has 28 heavy (non-hydrogen) atoms. The number of rotatable bonds is 5. The average molecular weight is 381 g/mol. The Bertz CT molecular complexity index is 933. The molecule has 2 aromatic heterocycles. The van der Waals surface area contributed by atoms with Crippen LogP contribution >= 0.6 is 0 Å². The van der Waals surface area contributed by atoms with Gasteiger partial charge in [-0.25, -0.2) is 4.98 Å². The molecule has 3 aromatic rings. The Kier molecular flexibility index (Phi) is 5.14. The van der Waals surface area contributed by atoms with Gasteiger partial charge in [-0.2, -0.15) is 0 Å². The van der Waals surface area contributed by atoms with Crippen LogP contribution in [0, 0.1) is 0 Å². The van der Waals surface area contributed by atoms with E-state index in [2.05, 4.69) is 25.7 Å². The second kappa shape index (κ2) is 7.87. The highest BCUT2D eigenvalue weighted by molar-refractivity contribution is 5.80. The van der Waals surface area contributed by atoms with Crippen LogP contribution in [-0.4, -0.2) is 52.8 Å². The maximum absolute atomic E-state index is 10.8. The zero-order valence-electron chi connectivity index (χ0n) is 15.6. The van der Waals surface area contributed by atoms with Crippen LogP contribution in [-0.2, 0) is 0 Å². The van der Waals surface area contributed by atoms with Crippen molar-refractivity contribution in [2.75, 3.05) is 36.4 Å². The van der Waals surface area contributed by atoms with E-state index < -0.39 is 6.23 Å². The number of benzene rings is 1. The monoisotopic (exact) mass is 381 g/mol. The maximum Gasteiger partial charge on any atom is 0.172 e. The lowest BCUT2D eigenvalue weighted by molar-refractivity contribution is 0.224. The molecule has 0 spiro atoms. The Morgan fingerprint density at radius 3 is 2.68 bits per heavy atom. The number of para-hydroxylation sites is 1. The molecule has 3 heterocycles. The molecule has 0 radical (unpaired) electrons. The molecule has 1 aliphatic heterocycles. The van der Waals surface area contributed by atoms with Crippen LogP contribution in [0.25, 0.3) is 22.5 Å². The van der Waals surface area contributed by atoms with Gasteiger partial charge in [0.2, 0.25) is 0 Å². The van der Waals surface area contributed by atoms with Crippen molar-refractivity contribution in [2.24, 2.45) is 0 Å². The molecule has 1 saturated heterocycles. The number of aromatic hydroxyl groups is 1. The number of anilines is 2. The van der Waals surface area contributed by atoms with Gasteiger partial charge >= 0.3 is 0 Å². The van der Waals surface area contributed by atoms with Crippen molar-refractivity contribution in [3.05, 3.63) is 42.6 Å². The van der Waals surface area contributed by atoms with E-state index in [0.717, 1.165) is 37.6 Å². The standard InChI is InChI=1S/C20H23N5O3/c1-13(26)23-18-6-5-14(12-22-18)15-3-2-4-16(20(15)27)17-11-19(24-28-17)25-9-7-21-8-10-25/h2-6,11-13,21,26-27H,7-10H2,1H3,(H,22,23). The number of hydrogen-bond donors (Lipinski definition) is 4. The van der Waals surface area contributed by atoms with Crippen molar-refractivity contribution in [2.45, 2.75) is 13.2 Å². The number of aliphatic hydroxyl groups is 1. The van der Waals surface area contributed by atoms with Gasteiger partial charge in [0, 0.05) is 49.6 Å². The summed E-state index contributed by atoms with van der Waals surface area (Å²) in [5.41, 5.74) is 1.99. The van der Waals surface area contributed by atoms with Crippen molar-refractivity contribution < 1.29 is 14.7 Å². The SMILES string of the molecule is CC(O)Nc1ccc(-c2cccc(-c3cc(N4CCNCC4)no3)c2O)cn1. The molecule has 0 saturated carbocycles. The average Bonchev–Trinajstić information content (AvgIpc) is 3.19. The molecule has 1 unspecified atom stereocenters. The Labute approximate surface area is 162 Å². The molecule has 8 heteroatoms. The number of hydrogen-bond acceptors (Lipinski definition) is 8. The summed E-state index contributed by atoms with van der Waals surface area (Å²) >= 11 is 0. The smallest absolute Gasteiger partial charge is 0.172 e. The van der Waals surface area contributed by atoms with Crippen LogP contribution < -0.4 is 15.5 Å². The number of piperazine rings is 1. The maximum atomic E-state index is 10.8. The Morgan fingerprint density at radius 1 is 1.18 bits per heavy atom. The van der Waals surface area contributed by atoms with Gasteiger partial charge in [0.05, 0.1) is 5.56 Å². The number of nitrogens with one attached hydrogen (secondary N) is 2. The lowest BCUT2D eigenvalue weighted by atomic mass is 10.0. The summed E-state index contributed by atoms with van der Waals surface area (Å²) < 4.78 is 5.51. The summed E-state index contributed by atoms with van der Waals surface area (Å²) in [7, 11) is 0. The molecular weight excluding hydrogens is 358 g/mol. The summed E-state index contributed by atoms with van der Waals surface area (Å²) in [4.78, 5) is 6.43. The van der Waals surface area contributed by atoms with Gasteiger partial charge in [-0.1, -0.05) is 17.3 Å². The van der Waals surface area contributed by atoms with Crippen molar-refractivity contribution in [1.82, 2.24) is 15.5 Å².